The van der Waals surface area contributed by atoms with Gasteiger partial charge in [0.05, 0.1) is 31.3 Å². The molecule has 0 N–H and O–H groups in total. The number of hydrogen-bond acceptors (Lipinski definition) is 5. The molecule has 0 radical (unpaired) electrons. The van der Waals surface area contributed by atoms with E-state index in [1.165, 1.54) is 25.3 Å². The van der Waals surface area contributed by atoms with Crippen molar-refractivity contribution in [3.8, 4) is 11.5 Å². The van der Waals surface area contributed by atoms with Gasteiger partial charge in [0, 0.05) is 12.5 Å². The first-order chi connectivity index (χ1) is 8.20. The number of ether oxygens (including phenoxy) is 3. The maximum atomic E-state index is 10.7. The predicted molar refractivity (Wildman–Crippen MR) is 59.5 cm³/mol. The van der Waals surface area contributed by atoms with Gasteiger partial charge in [0.25, 0.3) is 5.69 Å². The van der Waals surface area contributed by atoms with Gasteiger partial charge < -0.3 is 14.2 Å². The average molecular weight is 239 g/mol. The minimum atomic E-state index is -0.461. The highest BCUT2D eigenvalue weighted by Crippen LogP contribution is 2.32. The lowest BCUT2D eigenvalue weighted by atomic mass is 10.2. The summed E-state index contributed by atoms with van der Waals surface area (Å²) < 4.78 is 15.9. The minimum absolute atomic E-state index is 0.0142. The first-order valence-electron chi connectivity index (χ1n) is 5.27. The molecule has 1 fully saturated rings. The second-order valence-corrected chi connectivity index (χ2v) is 3.70. The number of hydrogen-bond donors (Lipinski definition) is 0. The molecule has 1 aliphatic heterocycles. The summed E-state index contributed by atoms with van der Waals surface area (Å²) >= 11 is 0. The summed E-state index contributed by atoms with van der Waals surface area (Å²) in [6.45, 7) is 1.16. The van der Waals surface area contributed by atoms with Gasteiger partial charge in [0.1, 0.15) is 6.10 Å². The van der Waals surface area contributed by atoms with Gasteiger partial charge in [0.15, 0.2) is 11.5 Å². The van der Waals surface area contributed by atoms with Gasteiger partial charge in [-0.25, -0.2) is 0 Å². The molecule has 1 heterocycles. The molecule has 1 aliphatic rings. The zero-order chi connectivity index (χ0) is 12.3. The number of rotatable bonds is 4. The molecular formula is C11H13NO5. The van der Waals surface area contributed by atoms with Crippen LogP contribution in [0.2, 0.25) is 0 Å². The Labute approximate surface area is 98.2 Å². The topological polar surface area (TPSA) is 70.8 Å². The second kappa shape index (κ2) is 5.01. The highest BCUT2D eigenvalue weighted by molar-refractivity contribution is 5.48. The quantitative estimate of drug-likeness (QED) is 0.591. The van der Waals surface area contributed by atoms with Crippen LogP contribution in [-0.2, 0) is 4.74 Å². The second-order valence-electron chi connectivity index (χ2n) is 3.70. The van der Waals surface area contributed by atoms with Crippen molar-refractivity contribution in [2.75, 3.05) is 20.3 Å². The van der Waals surface area contributed by atoms with Crippen LogP contribution in [0.15, 0.2) is 18.2 Å². The summed E-state index contributed by atoms with van der Waals surface area (Å²) in [7, 11) is 1.50. The van der Waals surface area contributed by atoms with Crippen molar-refractivity contribution in [3.05, 3.63) is 28.3 Å². The van der Waals surface area contributed by atoms with Gasteiger partial charge in [-0.1, -0.05) is 0 Å². The van der Waals surface area contributed by atoms with E-state index in [0.29, 0.717) is 24.7 Å². The fraction of sp³-hybridized carbons (Fsp3) is 0.455. The first kappa shape index (κ1) is 11.7. The molecule has 0 saturated carbocycles. The molecule has 2 rings (SSSR count). The largest absolute Gasteiger partial charge is 0.493 e. The van der Waals surface area contributed by atoms with Crippen LogP contribution in [0.4, 0.5) is 5.69 Å². The van der Waals surface area contributed by atoms with Gasteiger partial charge in [0.2, 0.25) is 0 Å². The van der Waals surface area contributed by atoms with Gasteiger partial charge >= 0.3 is 0 Å². The molecule has 1 saturated heterocycles. The molecule has 1 atom stereocenters. The maximum Gasteiger partial charge on any atom is 0.273 e. The van der Waals surface area contributed by atoms with Crippen LogP contribution in [0.3, 0.4) is 0 Å². The third-order valence-corrected chi connectivity index (χ3v) is 2.54. The van der Waals surface area contributed by atoms with E-state index in [1.54, 1.807) is 0 Å². The molecule has 0 bridgehead atoms. The molecule has 1 unspecified atom stereocenters. The highest BCUT2D eigenvalue weighted by atomic mass is 16.6. The van der Waals surface area contributed by atoms with Gasteiger partial charge in [-0.15, -0.1) is 0 Å². The van der Waals surface area contributed by atoms with Crippen LogP contribution in [0.25, 0.3) is 0 Å². The molecule has 0 spiro atoms. The number of methoxy groups -OCH3 is 1. The Bertz CT molecular complexity index is 414. The first-order valence-corrected chi connectivity index (χ1v) is 5.27. The minimum Gasteiger partial charge on any atom is -0.493 e. The van der Waals surface area contributed by atoms with E-state index in [1.807, 2.05) is 0 Å². The standard InChI is InChI=1S/C11H13NO5/c1-15-10-3-2-8(12(13)14)6-11(10)17-9-4-5-16-7-9/h2-3,6,9H,4-5,7H2,1H3. The van der Waals surface area contributed by atoms with E-state index >= 15 is 0 Å². The molecular weight excluding hydrogens is 226 g/mol. The maximum absolute atomic E-state index is 10.7. The van der Waals surface area contributed by atoms with Crippen molar-refractivity contribution < 1.29 is 19.1 Å². The summed E-state index contributed by atoms with van der Waals surface area (Å²) in [5.74, 6) is 0.875. The van der Waals surface area contributed by atoms with Gasteiger partial charge in [-0.3, -0.25) is 10.1 Å². The van der Waals surface area contributed by atoms with Crippen molar-refractivity contribution in [1.29, 1.82) is 0 Å². The van der Waals surface area contributed by atoms with Crippen LogP contribution in [0.1, 0.15) is 6.42 Å². The summed E-state index contributed by atoms with van der Waals surface area (Å²) in [5, 5.41) is 10.7. The van der Waals surface area contributed by atoms with Crippen LogP contribution < -0.4 is 9.47 Å². The third-order valence-electron chi connectivity index (χ3n) is 2.54. The molecule has 0 aromatic heterocycles. The van der Waals surface area contributed by atoms with Crippen LogP contribution >= 0.6 is 0 Å². The number of benzene rings is 1. The summed E-state index contributed by atoms with van der Waals surface area (Å²) in [4.78, 5) is 10.2. The van der Waals surface area contributed by atoms with Crippen molar-refractivity contribution >= 4 is 5.69 Å². The molecule has 92 valence electrons. The zero-order valence-electron chi connectivity index (χ0n) is 9.42. The smallest absolute Gasteiger partial charge is 0.273 e. The lowest BCUT2D eigenvalue weighted by Crippen LogP contribution is -2.16. The summed E-state index contributed by atoms with van der Waals surface area (Å²) in [6.07, 6.45) is 0.720. The van der Waals surface area contributed by atoms with Gasteiger partial charge in [-0.2, -0.15) is 0 Å². The fourth-order valence-corrected chi connectivity index (χ4v) is 1.66. The molecule has 1 aromatic rings. The molecule has 1 aromatic carbocycles. The third kappa shape index (κ3) is 2.65. The highest BCUT2D eigenvalue weighted by Gasteiger charge is 2.20. The lowest BCUT2D eigenvalue weighted by molar-refractivity contribution is -0.385. The Morgan fingerprint density at radius 3 is 2.88 bits per heavy atom. The van der Waals surface area contributed by atoms with Crippen molar-refractivity contribution in [3.63, 3.8) is 0 Å². The SMILES string of the molecule is COc1ccc([N+](=O)[O-])cc1OC1CCOC1. The van der Waals surface area contributed by atoms with Crippen molar-refractivity contribution in [2.45, 2.75) is 12.5 Å². The fourth-order valence-electron chi connectivity index (χ4n) is 1.66. The van der Waals surface area contributed by atoms with Crippen LogP contribution in [0.5, 0.6) is 11.5 Å². The summed E-state index contributed by atoms with van der Waals surface area (Å²) in [6, 6.07) is 4.29. The zero-order valence-corrected chi connectivity index (χ0v) is 9.42. The molecule has 6 heteroatoms. The normalized spacial score (nSPS) is 19.0. The van der Waals surface area contributed by atoms with E-state index in [4.69, 9.17) is 14.2 Å². The Balaban J connectivity index is 2.21. The Morgan fingerprint density at radius 1 is 1.47 bits per heavy atom. The molecule has 0 aliphatic carbocycles. The predicted octanol–water partition coefficient (Wildman–Crippen LogP) is 1.77. The molecule has 17 heavy (non-hydrogen) atoms. The van der Waals surface area contributed by atoms with Crippen molar-refractivity contribution in [1.82, 2.24) is 0 Å². The van der Waals surface area contributed by atoms with E-state index < -0.39 is 4.92 Å². The number of non-ortho nitro benzene ring substituents is 1. The number of nitro groups is 1. The number of nitro benzene ring substituents is 1. The van der Waals surface area contributed by atoms with E-state index in [2.05, 4.69) is 0 Å². The lowest BCUT2D eigenvalue weighted by Gasteiger charge is -2.14. The summed E-state index contributed by atoms with van der Waals surface area (Å²) in [5.41, 5.74) is -0.0142. The van der Waals surface area contributed by atoms with Gasteiger partial charge in [-0.05, 0) is 6.07 Å². The average Bonchev–Trinajstić information content (AvgIpc) is 2.81. The number of nitrogens with zero attached hydrogens (tertiary/aromatic N) is 1. The van der Waals surface area contributed by atoms with E-state index in [-0.39, 0.29) is 11.8 Å². The molecule has 6 nitrogen and oxygen atoms in total. The Morgan fingerprint density at radius 2 is 2.29 bits per heavy atom. The van der Waals surface area contributed by atoms with Crippen LogP contribution in [-0.4, -0.2) is 31.4 Å². The van der Waals surface area contributed by atoms with E-state index in [9.17, 15) is 10.1 Å². The van der Waals surface area contributed by atoms with E-state index in [0.717, 1.165) is 6.42 Å². The molecule has 0 amide bonds. The Hall–Kier alpha value is -1.82. The van der Waals surface area contributed by atoms with Crippen molar-refractivity contribution in [2.24, 2.45) is 0 Å². The van der Waals surface area contributed by atoms with Crippen LogP contribution in [0, 0.1) is 10.1 Å². The Kier molecular flexibility index (Phi) is 3.43. The monoisotopic (exact) mass is 239 g/mol.